The van der Waals surface area contributed by atoms with E-state index in [2.05, 4.69) is 0 Å². The Balaban J connectivity index is 1.96. The van der Waals surface area contributed by atoms with Crippen LogP contribution < -0.4 is 4.90 Å². The van der Waals surface area contributed by atoms with Gasteiger partial charge in [-0.1, -0.05) is 18.2 Å². The van der Waals surface area contributed by atoms with Gasteiger partial charge in [-0.3, -0.25) is 9.59 Å². The molecule has 1 aromatic carbocycles. The molecule has 1 saturated heterocycles. The fourth-order valence-electron chi connectivity index (χ4n) is 2.58. The molecule has 0 aliphatic carbocycles. The Morgan fingerprint density at radius 3 is 2.57 bits per heavy atom. The van der Waals surface area contributed by atoms with Gasteiger partial charge in [-0.2, -0.15) is 0 Å². The van der Waals surface area contributed by atoms with Crippen LogP contribution in [0, 0.1) is 0 Å². The van der Waals surface area contributed by atoms with Crippen LogP contribution in [0.2, 0.25) is 0 Å². The Labute approximate surface area is 124 Å². The van der Waals surface area contributed by atoms with Crippen LogP contribution >= 0.6 is 0 Å². The van der Waals surface area contributed by atoms with Gasteiger partial charge in [-0.15, -0.1) is 0 Å². The van der Waals surface area contributed by atoms with Gasteiger partial charge >= 0.3 is 5.97 Å². The van der Waals surface area contributed by atoms with E-state index in [1.54, 1.807) is 24.3 Å². The molecule has 1 aliphatic rings. The Morgan fingerprint density at radius 2 is 2.00 bits per heavy atom. The molecule has 0 spiro atoms. The SMILES string of the molecule is CC1CCC(CCC(=O)N(CC(=O)O)c2ccccc2)O1. The number of carboxylic acids is 1. The fraction of sp³-hybridized carbons (Fsp3) is 0.500. The zero-order valence-electron chi connectivity index (χ0n) is 12.2. The molecule has 1 aromatic rings. The molecule has 2 atom stereocenters. The summed E-state index contributed by atoms with van der Waals surface area (Å²) in [6.45, 7) is 1.72. The van der Waals surface area contributed by atoms with Crippen LogP contribution in [0.1, 0.15) is 32.6 Å². The molecule has 21 heavy (non-hydrogen) atoms. The fourth-order valence-corrected chi connectivity index (χ4v) is 2.58. The summed E-state index contributed by atoms with van der Waals surface area (Å²) in [7, 11) is 0. The third kappa shape index (κ3) is 4.56. The number of hydrogen-bond acceptors (Lipinski definition) is 3. The number of anilines is 1. The molecule has 0 saturated carbocycles. The first-order valence-electron chi connectivity index (χ1n) is 7.29. The topological polar surface area (TPSA) is 66.8 Å². The van der Waals surface area contributed by atoms with Crippen molar-refractivity contribution < 1.29 is 19.4 Å². The summed E-state index contributed by atoms with van der Waals surface area (Å²) in [5, 5.41) is 8.99. The van der Waals surface area contributed by atoms with Crippen LogP contribution in [0.3, 0.4) is 0 Å². The summed E-state index contributed by atoms with van der Waals surface area (Å²) in [4.78, 5) is 24.6. The summed E-state index contributed by atoms with van der Waals surface area (Å²) in [5.74, 6) is -1.19. The number of aliphatic carboxylic acids is 1. The molecule has 5 heteroatoms. The van der Waals surface area contributed by atoms with Crippen molar-refractivity contribution in [3.8, 4) is 0 Å². The van der Waals surface area contributed by atoms with Gasteiger partial charge in [0.2, 0.25) is 5.91 Å². The molecule has 0 radical (unpaired) electrons. The molecule has 114 valence electrons. The molecule has 2 unspecified atom stereocenters. The molecule has 1 N–H and O–H groups in total. The van der Waals surface area contributed by atoms with Gasteiger partial charge in [-0.05, 0) is 38.3 Å². The van der Waals surface area contributed by atoms with Crippen LogP contribution in [-0.4, -0.2) is 35.7 Å². The van der Waals surface area contributed by atoms with Gasteiger partial charge in [0.15, 0.2) is 0 Å². The second kappa shape index (κ2) is 7.22. The monoisotopic (exact) mass is 291 g/mol. The number of ether oxygens (including phenoxy) is 1. The molecule has 0 aromatic heterocycles. The largest absolute Gasteiger partial charge is 0.480 e. The molecule has 0 bridgehead atoms. The summed E-state index contributed by atoms with van der Waals surface area (Å²) < 4.78 is 5.69. The number of carbonyl (C=O) groups excluding carboxylic acids is 1. The maximum absolute atomic E-state index is 12.3. The zero-order chi connectivity index (χ0) is 15.2. The second-order valence-corrected chi connectivity index (χ2v) is 5.39. The average Bonchev–Trinajstić information content (AvgIpc) is 2.88. The number of carboxylic acid groups (broad SMARTS) is 1. The zero-order valence-corrected chi connectivity index (χ0v) is 12.2. The number of para-hydroxylation sites is 1. The van der Waals surface area contributed by atoms with E-state index in [4.69, 9.17) is 9.84 Å². The standard InChI is InChI=1S/C16H21NO4/c1-12-7-8-14(21-12)9-10-15(18)17(11-16(19)20)13-5-3-2-4-6-13/h2-6,12,14H,7-11H2,1H3,(H,19,20). The molecular formula is C16H21NO4. The Kier molecular flexibility index (Phi) is 5.33. The second-order valence-electron chi connectivity index (χ2n) is 5.39. The number of benzene rings is 1. The number of rotatable bonds is 6. The predicted molar refractivity (Wildman–Crippen MR) is 79.2 cm³/mol. The van der Waals surface area contributed by atoms with Crippen molar-refractivity contribution in [1.82, 2.24) is 0 Å². The van der Waals surface area contributed by atoms with E-state index in [1.807, 2.05) is 13.0 Å². The number of nitrogens with zero attached hydrogens (tertiary/aromatic N) is 1. The summed E-state index contributed by atoms with van der Waals surface area (Å²) in [6, 6.07) is 8.91. The van der Waals surface area contributed by atoms with Crippen molar-refractivity contribution in [2.45, 2.75) is 44.8 Å². The Bertz CT molecular complexity index is 488. The molecule has 1 aliphatic heterocycles. The molecule has 2 rings (SSSR count). The van der Waals surface area contributed by atoms with Crippen LogP contribution in [0.25, 0.3) is 0 Å². The van der Waals surface area contributed by atoms with E-state index in [0.717, 1.165) is 12.8 Å². The smallest absolute Gasteiger partial charge is 0.323 e. The third-order valence-electron chi connectivity index (χ3n) is 3.66. The van der Waals surface area contributed by atoms with Crippen molar-refractivity contribution >= 4 is 17.6 Å². The van der Waals surface area contributed by atoms with E-state index in [9.17, 15) is 9.59 Å². The van der Waals surface area contributed by atoms with E-state index in [1.165, 1.54) is 4.90 Å². The van der Waals surface area contributed by atoms with Gasteiger partial charge in [0, 0.05) is 12.1 Å². The molecule has 5 nitrogen and oxygen atoms in total. The summed E-state index contributed by atoms with van der Waals surface area (Å²) in [6.07, 6.45) is 3.32. The number of carbonyl (C=O) groups is 2. The van der Waals surface area contributed by atoms with Crippen molar-refractivity contribution in [3.63, 3.8) is 0 Å². The van der Waals surface area contributed by atoms with Crippen molar-refractivity contribution in [1.29, 1.82) is 0 Å². The van der Waals surface area contributed by atoms with E-state index in [-0.39, 0.29) is 24.7 Å². The Morgan fingerprint density at radius 1 is 1.29 bits per heavy atom. The first kappa shape index (κ1) is 15.5. The Hall–Kier alpha value is -1.88. The lowest BCUT2D eigenvalue weighted by atomic mass is 10.1. The molecule has 1 heterocycles. The minimum atomic E-state index is -1.02. The van der Waals surface area contributed by atoms with Gasteiger partial charge in [0.05, 0.1) is 12.2 Å². The van der Waals surface area contributed by atoms with Gasteiger partial charge in [0.1, 0.15) is 6.54 Å². The number of amides is 1. The van der Waals surface area contributed by atoms with Crippen molar-refractivity contribution in [2.75, 3.05) is 11.4 Å². The molecular weight excluding hydrogens is 270 g/mol. The van der Waals surface area contributed by atoms with Crippen LogP contribution in [0.15, 0.2) is 30.3 Å². The van der Waals surface area contributed by atoms with E-state index < -0.39 is 5.97 Å². The lowest BCUT2D eigenvalue weighted by molar-refractivity contribution is -0.136. The van der Waals surface area contributed by atoms with Crippen molar-refractivity contribution in [2.24, 2.45) is 0 Å². The maximum atomic E-state index is 12.3. The highest BCUT2D eigenvalue weighted by Crippen LogP contribution is 2.23. The van der Waals surface area contributed by atoms with Crippen LogP contribution in [0.5, 0.6) is 0 Å². The lowest BCUT2D eigenvalue weighted by Crippen LogP contribution is -2.36. The van der Waals surface area contributed by atoms with E-state index >= 15 is 0 Å². The first-order chi connectivity index (χ1) is 10.1. The van der Waals surface area contributed by atoms with Gasteiger partial charge in [0.25, 0.3) is 0 Å². The summed E-state index contributed by atoms with van der Waals surface area (Å²) in [5.41, 5.74) is 0.616. The quantitative estimate of drug-likeness (QED) is 0.874. The first-order valence-corrected chi connectivity index (χ1v) is 7.29. The van der Waals surface area contributed by atoms with Gasteiger partial charge in [-0.25, -0.2) is 0 Å². The average molecular weight is 291 g/mol. The highest BCUT2D eigenvalue weighted by Gasteiger charge is 2.24. The van der Waals surface area contributed by atoms with Crippen LogP contribution in [0.4, 0.5) is 5.69 Å². The highest BCUT2D eigenvalue weighted by atomic mass is 16.5. The minimum absolute atomic E-state index is 0.117. The lowest BCUT2D eigenvalue weighted by Gasteiger charge is -2.21. The predicted octanol–water partition coefficient (Wildman–Crippen LogP) is 2.45. The van der Waals surface area contributed by atoms with Crippen molar-refractivity contribution in [3.05, 3.63) is 30.3 Å². The normalized spacial score (nSPS) is 21.2. The minimum Gasteiger partial charge on any atom is -0.480 e. The maximum Gasteiger partial charge on any atom is 0.323 e. The number of hydrogen-bond donors (Lipinski definition) is 1. The highest BCUT2D eigenvalue weighted by molar-refractivity contribution is 5.97. The third-order valence-corrected chi connectivity index (χ3v) is 3.66. The van der Waals surface area contributed by atoms with E-state index in [0.29, 0.717) is 18.5 Å². The van der Waals surface area contributed by atoms with Crippen LogP contribution in [-0.2, 0) is 14.3 Å². The van der Waals surface area contributed by atoms with Gasteiger partial charge < -0.3 is 14.7 Å². The summed E-state index contributed by atoms with van der Waals surface area (Å²) >= 11 is 0. The molecule has 1 amide bonds. The molecule has 1 fully saturated rings.